The van der Waals surface area contributed by atoms with Crippen LogP contribution in [0.1, 0.15) is 38.7 Å². The normalized spacial score (nSPS) is 25.2. The average molecular weight is 396 g/mol. The summed E-state index contributed by atoms with van der Waals surface area (Å²) in [6.45, 7) is 12.9. The lowest BCUT2D eigenvalue weighted by molar-refractivity contribution is -0.135. The summed E-state index contributed by atoms with van der Waals surface area (Å²) in [7, 11) is 0. The van der Waals surface area contributed by atoms with Gasteiger partial charge in [0, 0.05) is 45.2 Å². The highest BCUT2D eigenvalue weighted by molar-refractivity contribution is 5.83. The van der Waals surface area contributed by atoms with Crippen LogP contribution in [0.4, 0.5) is 0 Å². The Bertz CT molecular complexity index is 698. The lowest BCUT2D eigenvalue weighted by Gasteiger charge is -2.36. The van der Waals surface area contributed by atoms with Crippen LogP contribution in [0.3, 0.4) is 0 Å². The van der Waals surface area contributed by atoms with Crippen LogP contribution in [0.5, 0.6) is 0 Å². The molecule has 1 aliphatic carbocycles. The van der Waals surface area contributed by atoms with Crippen LogP contribution < -0.4 is 0 Å². The molecule has 2 aliphatic heterocycles. The van der Waals surface area contributed by atoms with Gasteiger partial charge in [0.05, 0.1) is 0 Å². The molecule has 0 N–H and O–H groups in total. The van der Waals surface area contributed by atoms with E-state index in [4.69, 9.17) is 0 Å². The average Bonchev–Trinajstić information content (AvgIpc) is 3.44. The molecule has 2 saturated heterocycles. The minimum atomic E-state index is 0.313. The van der Waals surface area contributed by atoms with E-state index >= 15 is 0 Å². The van der Waals surface area contributed by atoms with E-state index in [0.717, 1.165) is 45.1 Å². The van der Waals surface area contributed by atoms with Gasteiger partial charge in [-0.2, -0.15) is 0 Å². The van der Waals surface area contributed by atoms with E-state index < -0.39 is 0 Å². The van der Waals surface area contributed by atoms with Crippen molar-refractivity contribution in [2.45, 2.75) is 33.1 Å². The molecule has 0 unspecified atom stereocenters. The molecule has 1 aromatic rings. The zero-order valence-corrected chi connectivity index (χ0v) is 18.2. The van der Waals surface area contributed by atoms with Gasteiger partial charge >= 0.3 is 0 Å². The molecule has 2 heterocycles. The van der Waals surface area contributed by atoms with Crippen LogP contribution >= 0.6 is 0 Å². The fourth-order valence-electron chi connectivity index (χ4n) is 5.22. The predicted octanol–water partition coefficient (Wildman–Crippen LogP) is 3.60. The molecule has 0 aromatic heterocycles. The third-order valence-electron chi connectivity index (χ3n) is 7.12. The maximum Gasteiger partial charge on any atom is 0.226 e. The molecule has 3 aliphatic rings. The van der Waals surface area contributed by atoms with Crippen molar-refractivity contribution in [1.82, 2.24) is 14.7 Å². The molecule has 158 valence electrons. The fourth-order valence-corrected chi connectivity index (χ4v) is 5.22. The lowest BCUT2D eigenvalue weighted by atomic mass is 9.90. The second-order valence-corrected chi connectivity index (χ2v) is 9.75. The van der Waals surface area contributed by atoms with Crippen molar-refractivity contribution in [2.24, 2.45) is 17.3 Å². The highest BCUT2D eigenvalue weighted by Gasteiger charge is 2.59. The summed E-state index contributed by atoms with van der Waals surface area (Å²) in [6, 6.07) is 10.5. The first-order valence-corrected chi connectivity index (χ1v) is 11.5. The largest absolute Gasteiger partial charge is 0.340 e. The van der Waals surface area contributed by atoms with Crippen molar-refractivity contribution in [3.63, 3.8) is 0 Å². The third kappa shape index (κ3) is 5.10. The second kappa shape index (κ2) is 9.01. The van der Waals surface area contributed by atoms with E-state index in [1.165, 1.54) is 38.0 Å². The Morgan fingerprint density at radius 3 is 2.38 bits per heavy atom. The van der Waals surface area contributed by atoms with E-state index in [0.29, 0.717) is 17.2 Å². The maximum atomic E-state index is 13.1. The van der Waals surface area contributed by atoms with E-state index in [2.05, 4.69) is 65.0 Å². The molecule has 1 atom stereocenters. The Balaban J connectivity index is 1.19. The summed E-state index contributed by atoms with van der Waals surface area (Å²) < 4.78 is 0. The summed E-state index contributed by atoms with van der Waals surface area (Å²) in [5.74, 6) is 1.49. The lowest BCUT2D eigenvalue weighted by Crippen LogP contribution is -2.49. The molecular weight excluding hydrogens is 358 g/mol. The van der Waals surface area contributed by atoms with E-state index in [1.807, 2.05) is 6.07 Å². The summed E-state index contributed by atoms with van der Waals surface area (Å²) >= 11 is 0. The summed E-state index contributed by atoms with van der Waals surface area (Å²) in [5.41, 5.74) is 1.60. The highest BCUT2D eigenvalue weighted by atomic mass is 16.2. The number of benzene rings is 1. The van der Waals surface area contributed by atoms with Crippen molar-refractivity contribution in [3.05, 3.63) is 42.0 Å². The van der Waals surface area contributed by atoms with Crippen LogP contribution in [-0.2, 0) is 4.79 Å². The smallest absolute Gasteiger partial charge is 0.226 e. The van der Waals surface area contributed by atoms with Crippen molar-refractivity contribution in [2.75, 3.05) is 52.4 Å². The van der Waals surface area contributed by atoms with Crippen LogP contribution in [0.25, 0.3) is 6.08 Å². The molecule has 1 saturated carbocycles. The van der Waals surface area contributed by atoms with Gasteiger partial charge in [-0.15, -0.1) is 0 Å². The molecule has 4 heteroatoms. The number of piperazine rings is 1. The molecule has 4 rings (SSSR count). The van der Waals surface area contributed by atoms with Gasteiger partial charge < -0.3 is 9.80 Å². The quantitative estimate of drug-likeness (QED) is 0.736. The van der Waals surface area contributed by atoms with Gasteiger partial charge in [0.15, 0.2) is 0 Å². The molecule has 3 fully saturated rings. The predicted molar refractivity (Wildman–Crippen MR) is 120 cm³/mol. The molecule has 1 aromatic carbocycles. The minimum absolute atomic E-state index is 0.313. The number of rotatable bonds is 6. The highest BCUT2D eigenvalue weighted by Crippen LogP contribution is 2.60. The van der Waals surface area contributed by atoms with E-state index in [9.17, 15) is 4.79 Å². The Morgan fingerprint density at radius 1 is 1.03 bits per heavy atom. The molecule has 1 spiro atoms. The molecule has 0 bridgehead atoms. The van der Waals surface area contributed by atoms with Gasteiger partial charge in [-0.3, -0.25) is 9.69 Å². The van der Waals surface area contributed by atoms with Crippen molar-refractivity contribution < 1.29 is 4.79 Å². The summed E-state index contributed by atoms with van der Waals surface area (Å²) in [4.78, 5) is 20.3. The third-order valence-corrected chi connectivity index (χ3v) is 7.12. The Hall–Kier alpha value is -1.65. The van der Waals surface area contributed by atoms with Gasteiger partial charge in [-0.05, 0) is 49.2 Å². The number of amides is 1. The zero-order valence-electron chi connectivity index (χ0n) is 18.2. The van der Waals surface area contributed by atoms with Gasteiger partial charge in [-0.1, -0.05) is 56.3 Å². The maximum absolute atomic E-state index is 13.1. The Kier molecular flexibility index (Phi) is 6.41. The fraction of sp³-hybridized carbons (Fsp3) is 0.640. The zero-order chi connectivity index (χ0) is 20.3. The molecule has 4 nitrogen and oxygen atoms in total. The number of carbonyl (C=O) groups is 1. The number of nitrogens with zero attached hydrogens (tertiary/aromatic N) is 3. The number of hydrogen-bond acceptors (Lipinski definition) is 3. The monoisotopic (exact) mass is 395 g/mol. The van der Waals surface area contributed by atoms with Gasteiger partial charge in [0.1, 0.15) is 0 Å². The topological polar surface area (TPSA) is 26.8 Å². The summed E-state index contributed by atoms with van der Waals surface area (Å²) in [5, 5.41) is 0. The molecule has 1 amide bonds. The molecule has 0 radical (unpaired) electrons. The van der Waals surface area contributed by atoms with Crippen molar-refractivity contribution in [1.29, 1.82) is 0 Å². The number of piperidine rings is 1. The van der Waals surface area contributed by atoms with Crippen molar-refractivity contribution in [3.8, 4) is 0 Å². The number of carbonyl (C=O) groups excluding carboxylic acids is 1. The first kappa shape index (κ1) is 20.6. The standard InChI is InChI=1S/C25H37N3O/c1-21(2)20-27-13-10-25(11-14-27)19-23(25)24(29)28-17-15-26(16-18-28)12-6-9-22-7-4-3-5-8-22/h3-9,21,23H,10-20H2,1-2H3/b9-6+/t23-/m1/s1. The number of likely N-dealkylation sites (tertiary alicyclic amines) is 1. The molecule has 29 heavy (non-hydrogen) atoms. The number of hydrogen-bond donors (Lipinski definition) is 0. The first-order chi connectivity index (χ1) is 14.1. The molecular formula is C25H37N3O. The minimum Gasteiger partial charge on any atom is -0.340 e. The van der Waals surface area contributed by atoms with E-state index in [-0.39, 0.29) is 0 Å². The van der Waals surface area contributed by atoms with Crippen LogP contribution in [0, 0.1) is 17.3 Å². The van der Waals surface area contributed by atoms with Gasteiger partial charge in [0.2, 0.25) is 5.91 Å². The Morgan fingerprint density at radius 2 is 1.72 bits per heavy atom. The van der Waals surface area contributed by atoms with Crippen molar-refractivity contribution >= 4 is 12.0 Å². The SMILES string of the molecule is CC(C)CN1CCC2(CC1)C[C@@H]2C(=O)N1CCN(C/C=C/c2ccccc2)CC1. The van der Waals surface area contributed by atoms with Crippen LogP contribution in [0.2, 0.25) is 0 Å². The van der Waals surface area contributed by atoms with Gasteiger partial charge in [-0.25, -0.2) is 0 Å². The van der Waals surface area contributed by atoms with Crippen LogP contribution in [0.15, 0.2) is 36.4 Å². The first-order valence-electron chi connectivity index (χ1n) is 11.5. The Labute approximate surface area is 176 Å². The second-order valence-electron chi connectivity index (χ2n) is 9.75. The van der Waals surface area contributed by atoms with E-state index in [1.54, 1.807) is 0 Å². The summed E-state index contributed by atoms with van der Waals surface area (Å²) in [6.07, 6.45) is 8.02. The van der Waals surface area contributed by atoms with Crippen LogP contribution in [-0.4, -0.2) is 73.0 Å². The van der Waals surface area contributed by atoms with Gasteiger partial charge in [0.25, 0.3) is 0 Å².